The Bertz CT molecular complexity index is 1040. The molecule has 6 rings (SSSR count). The number of aromatic nitrogens is 5. The first kappa shape index (κ1) is 17.8. The summed E-state index contributed by atoms with van der Waals surface area (Å²) >= 11 is 1.81. The molecule has 3 aromatic heterocycles. The number of fused-ring (bicyclic) bond motifs is 2. The highest BCUT2D eigenvalue weighted by Gasteiger charge is 2.57. The molecule has 0 aromatic carbocycles. The number of rotatable bonds is 3. The predicted molar refractivity (Wildman–Crippen MR) is 116 cm³/mol. The third kappa shape index (κ3) is 2.88. The first-order chi connectivity index (χ1) is 14.3. The van der Waals surface area contributed by atoms with Gasteiger partial charge >= 0.3 is 0 Å². The van der Waals surface area contributed by atoms with Gasteiger partial charge in [-0.05, 0) is 50.0 Å². The predicted octanol–water partition coefficient (Wildman–Crippen LogP) is 4.35. The molecule has 152 valence electrons. The van der Waals surface area contributed by atoms with Crippen molar-refractivity contribution in [2.45, 2.75) is 70.8 Å². The van der Waals surface area contributed by atoms with Crippen LogP contribution in [0.15, 0.2) is 12.4 Å². The van der Waals surface area contributed by atoms with Crippen molar-refractivity contribution in [1.82, 2.24) is 24.7 Å². The van der Waals surface area contributed by atoms with Gasteiger partial charge in [-0.3, -0.25) is 0 Å². The largest absolute Gasteiger partial charge is 0.356 e. The topological polar surface area (TPSA) is 59.7 Å². The lowest BCUT2D eigenvalue weighted by molar-refractivity contribution is 0.364. The number of aryl methyl sites for hydroxylation is 2. The fourth-order valence-corrected chi connectivity index (χ4v) is 6.44. The van der Waals surface area contributed by atoms with Crippen molar-refractivity contribution >= 4 is 27.4 Å². The maximum Gasteiger partial charge on any atom is 0.140 e. The van der Waals surface area contributed by atoms with Crippen LogP contribution in [0, 0.1) is 5.41 Å². The Kier molecular flexibility index (Phi) is 4.15. The summed E-state index contributed by atoms with van der Waals surface area (Å²) in [5, 5.41) is 10.4. The van der Waals surface area contributed by atoms with Crippen LogP contribution in [0.4, 0.5) is 5.82 Å². The van der Waals surface area contributed by atoms with E-state index in [-0.39, 0.29) is 0 Å². The summed E-state index contributed by atoms with van der Waals surface area (Å²) in [6.07, 6.45) is 11.5. The summed E-state index contributed by atoms with van der Waals surface area (Å²) in [5.41, 5.74) is 0.446. The molecule has 1 aliphatic carbocycles. The molecule has 29 heavy (non-hydrogen) atoms. The molecule has 2 aliphatic heterocycles. The maximum atomic E-state index is 4.68. The molecule has 6 nitrogen and oxygen atoms in total. The highest BCUT2D eigenvalue weighted by molar-refractivity contribution is 7.18. The van der Waals surface area contributed by atoms with Gasteiger partial charge < -0.3 is 9.47 Å². The van der Waals surface area contributed by atoms with Crippen LogP contribution in [0.25, 0.3) is 10.2 Å². The van der Waals surface area contributed by atoms with E-state index in [1.807, 2.05) is 0 Å². The summed E-state index contributed by atoms with van der Waals surface area (Å²) in [7, 11) is 0. The molecule has 1 spiro atoms. The van der Waals surface area contributed by atoms with E-state index in [2.05, 4.69) is 42.6 Å². The SMILES string of the molecule is CCc1cc2c(N3CCC4(CC3)CC4c3nnc4n3CCCCC4)ncnc2s1. The monoisotopic (exact) mass is 408 g/mol. The van der Waals surface area contributed by atoms with Gasteiger partial charge in [0.1, 0.15) is 28.6 Å². The smallest absolute Gasteiger partial charge is 0.140 e. The quantitative estimate of drug-likeness (QED) is 0.645. The van der Waals surface area contributed by atoms with E-state index in [1.54, 1.807) is 17.7 Å². The van der Waals surface area contributed by atoms with E-state index in [0.29, 0.717) is 11.3 Å². The molecule has 2 fully saturated rings. The maximum absolute atomic E-state index is 4.68. The van der Waals surface area contributed by atoms with Gasteiger partial charge in [-0.15, -0.1) is 21.5 Å². The van der Waals surface area contributed by atoms with Gasteiger partial charge in [0, 0.05) is 36.9 Å². The van der Waals surface area contributed by atoms with Crippen molar-refractivity contribution in [2.75, 3.05) is 18.0 Å². The second-order valence-electron chi connectivity index (χ2n) is 9.03. The van der Waals surface area contributed by atoms with E-state index in [1.165, 1.54) is 60.4 Å². The molecular formula is C22H28N6S. The molecular weight excluding hydrogens is 380 g/mol. The molecule has 0 radical (unpaired) electrons. The number of anilines is 1. The third-order valence-corrected chi connectivity index (χ3v) is 8.59. The highest BCUT2D eigenvalue weighted by Crippen LogP contribution is 2.64. The van der Waals surface area contributed by atoms with Crippen LogP contribution in [0.3, 0.4) is 0 Å². The molecule has 7 heteroatoms. The average molecular weight is 409 g/mol. The Labute approximate surface area is 175 Å². The lowest BCUT2D eigenvalue weighted by Gasteiger charge is -2.34. The Morgan fingerprint density at radius 3 is 2.86 bits per heavy atom. The van der Waals surface area contributed by atoms with Crippen LogP contribution >= 0.6 is 11.3 Å². The van der Waals surface area contributed by atoms with Crippen molar-refractivity contribution in [2.24, 2.45) is 5.41 Å². The van der Waals surface area contributed by atoms with Gasteiger partial charge in [0.15, 0.2) is 0 Å². The molecule has 5 heterocycles. The van der Waals surface area contributed by atoms with Crippen LogP contribution in [-0.2, 0) is 19.4 Å². The second-order valence-corrected chi connectivity index (χ2v) is 10.1. The van der Waals surface area contributed by atoms with Crippen LogP contribution in [0.1, 0.15) is 67.9 Å². The molecule has 1 atom stereocenters. The highest BCUT2D eigenvalue weighted by atomic mass is 32.1. The molecule has 1 saturated heterocycles. The first-order valence-electron chi connectivity index (χ1n) is 11.2. The zero-order chi connectivity index (χ0) is 19.4. The summed E-state index contributed by atoms with van der Waals surface area (Å²) in [5.74, 6) is 4.26. The number of nitrogens with zero attached hydrogens (tertiary/aromatic N) is 6. The van der Waals surface area contributed by atoms with Gasteiger partial charge in [0.25, 0.3) is 0 Å². The molecule has 3 aromatic rings. The van der Waals surface area contributed by atoms with Gasteiger partial charge in [-0.2, -0.15) is 0 Å². The summed E-state index contributed by atoms with van der Waals surface area (Å²) in [6.45, 7) is 5.50. The van der Waals surface area contributed by atoms with E-state index in [0.717, 1.165) is 43.1 Å². The number of hydrogen-bond donors (Lipinski definition) is 0. The van der Waals surface area contributed by atoms with E-state index >= 15 is 0 Å². The number of thiophene rings is 1. The van der Waals surface area contributed by atoms with Gasteiger partial charge in [0.05, 0.1) is 5.39 Å². The Balaban J connectivity index is 1.20. The summed E-state index contributed by atoms with van der Waals surface area (Å²) < 4.78 is 2.46. The average Bonchev–Trinajstić information content (AvgIpc) is 3.14. The standard InChI is InChI=1S/C22H28N6S/c1-2-15-12-16-19(23-14-24-21(16)29-15)27-10-7-22(8-11-27)13-17(22)20-26-25-18-6-4-3-5-9-28(18)20/h12,14,17H,2-11,13H2,1H3. The summed E-state index contributed by atoms with van der Waals surface area (Å²) in [6, 6.07) is 2.30. The Morgan fingerprint density at radius 2 is 2.00 bits per heavy atom. The molecule has 1 saturated carbocycles. The van der Waals surface area contributed by atoms with Crippen molar-refractivity contribution in [1.29, 1.82) is 0 Å². The molecule has 0 amide bonds. The third-order valence-electron chi connectivity index (χ3n) is 7.41. The molecule has 1 unspecified atom stereocenters. The molecule has 0 bridgehead atoms. The van der Waals surface area contributed by atoms with E-state index in [9.17, 15) is 0 Å². The minimum Gasteiger partial charge on any atom is -0.356 e. The van der Waals surface area contributed by atoms with Crippen molar-refractivity contribution in [3.63, 3.8) is 0 Å². The number of hydrogen-bond acceptors (Lipinski definition) is 6. The van der Waals surface area contributed by atoms with Crippen molar-refractivity contribution in [3.8, 4) is 0 Å². The van der Waals surface area contributed by atoms with E-state index in [4.69, 9.17) is 0 Å². The van der Waals surface area contributed by atoms with Crippen LogP contribution in [-0.4, -0.2) is 37.8 Å². The Hall–Kier alpha value is -2.02. The van der Waals surface area contributed by atoms with Gasteiger partial charge in [-0.25, -0.2) is 9.97 Å². The van der Waals surface area contributed by atoms with Crippen LogP contribution < -0.4 is 4.90 Å². The summed E-state index contributed by atoms with van der Waals surface area (Å²) in [4.78, 5) is 14.2. The Morgan fingerprint density at radius 1 is 1.10 bits per heavy atom. The minimum absolute atomic E-state index is 0.446. The lowest BCUT2D eigenvalue weighted by Crippen LogP contribution is -2.35. The zero-order valence-electron chi connectivity index (χ0n) is 17.1. The normalized spacial score (nSPS) is 23.3. The fraction of sp³-hybridized carbons (Fsp3) is 0.636. The van der Waals surface area contributed by atoms with Crippen molar-refractivity contribution in [3.05, 3.63) is 28.9 Å². The molecule has 0 N–H and O–H groups in total. The molecule has 3 aliphatic rings. The second kappa shape index (κ2) is 6.76. The van der Waals surface area contributed by atoms with Gasteiger partial charge in [-0.1, -0.05) is 13.3 Å². The lowest BCUT2D eigenvalue weighted by atomic mass is 9.90. The van der Waals surface area contributed by atoms with Crippen LogP contribution in [0.5, 0.6) is 0 Å². The minimum atomic E-state index is 0.446. The van der Waals surface area contributed by atoms with Gasteiger partial charge in [0.2, 0.25) is 0 Å². The zero-order valence-corrected chi connectivity index (χ0v) is 17.9. The van der Waals surface area contributed by atoms with E-state index < -0.39 is 0 Å². The fourth-order valence-electron chi connectivity index (χ4n) is 5.51. The number of piperidine rings is 1. The van der Waals surface area contributed by atoms with Crippen molar-refractivity contribution < 1.29 is 0 Å². The first-order valence-corrected chi connectivity index (χ1v) is 12.0. The van der Waals surface area contributed by atoms with Crippen LogP contribution in [0.2, 0.25) is 0 Å².